The lowest BCUT2D eigenvalue weighted by Crippen LogP contribution is -2.00. The lowest BCUT2D eigenvalue weighted by atomic mass is 9.91. The first-order chi connectivity index (χ1) is 25.9. The summed E-state index contributed by atoms with van der Waals surface area (Å²) in [5.74, 6) is 0. The van der Waals surface area contributed by atoms with E-state index in [4.69, 9.17) is 0 Å². The van der Waals surface area contributed by atoms with Crippen LogP contribution in [0.3, 0.4) is 0 Å². The Balaban J connectivity index is 1.33. The van der Waals surface area contributed by atoms with Gasteiger partial charge in [-0.05, 0) is 57.6 Å². The van der Waals surface area contributed by atoms with Crippen LogP contribution in [0.5, 0.6) is 0 Å². The Morgan fingerprint density at radius 2 is 0.712 bits per heavy atom. The highest BCUT2D eigenvalue weighted by molar-refractivity contribution is 6.30. The number of fused-ring (bicyclic) bond motifs is 10. The molecule has 0 aliphatic carbocycles. The average Bonchev–Trinajstić information content (AvgIpc) is 3.73. The SMILES string of the molecule is c1ccc(-c2ccccc2-n2c3ccccc3c3c4c5ccccc5n(-c5c(-c6ccccc6)c6ccccc6c6ccccc56)c4ccc32)cc1. The van der Waals surface area contributed by atoms with Crippen molar-refractivity contribution in [3.63, 3.8) is 0 Å². The predicted molar refractivity (Wildman–Crippen MR) is 221 cm³/mol. The third-order valence-corrected chi connectivity index (χ3v) is 10.9. The van der Waals surface area contributed by atoms with E-state index >= 15 is 0 Å². The van der Waals surface area contributed by atoms with Crippen LogP contribution in [-0.4, -0.2) is 9.13 Å². The molecule has 2 nitrogen and oxygen atoms in total. The zero-order valence-electron chi connectivity index (χ0n) is 28.4. The Bertz CT molecular complexity index is 3160. The fourth-order valence-corrected chi connectivity index (χ4v) is 8.80. The smallest absolute Gasteiger partial charge is 0.0625 e. The highest BCUT2D eigenvalue weighted by Gasteiger charge is 2.25. The normalized spacial score (nSPS) is 11.8. The van der Waals surface area contributed by atoms with E-state index in [0.29, 0.717) is 0 Å². The molecule has 0 saturated carbocycles. The van der Waals surface area contributed by atoms with Crippen LogP contribution in [0.4, 0.5) is 0 Å². The van der Waals surface area contributed by atoms with Crippen molar-refractivity contribution in [3.8, 4) is 33.6 Å². The van der Waals surface area contributed by atoms with Crippen molar-refractivity contribution in [2.24, 2.45) is 0 Å². The molecule has 2 heteroatoms. The van der Waals surface area contributed by atoms with E-state index in [1.54, 1.807) is 0 Å². The zero-order valence-corrected chi connectivity index (χ0v) is 28.4. The van der Waals surface area contributed by atoms with E-state index in [1.165, 1.54) is 98.8 Å². The number of nitrogens with zero attached hydrogens (tertiary/aromatic N) is 2. The van der Waals surface area contributed by atoms with Gasteiger partial charge in [0.15, 0.2) is 0 Å². The van der Waals surface area contributed by atoms with E-state index in [0.717, 1.165) is 0 Å². The number of hydrogen-bond acceptors (Lipinski definition) is 0. The zero-order chi connectivity index (χ0) is 34.2. The maximum Gasteiger partial charge on any atom is 0.0625 e. The standard InChI is InChI=1S/C50H32N2/c1-3-17-33(18-4-1)35-21-11-14-28-42(35)51-43-29-15-12-26-40(43)48-45(51)31-32-46-49(48)41-27-13-16-30-44(41)52(46)50-39-25-10-8-23-37(39)36-22-7-9-24-38(36)47(50)34-19-5-2-6-20-34/h1-32H. The third-order valence-electron chi connectivity index (χ3n) is 10.9. The molecule has 0 fully saturated rings. The summed E-state index contributed by atoms with van der Waals surface area (Å²) in [7, 11) is 0. The summed E-state index contributed by atoms with van der Waals surface area (Å²) >= 11 is 0. The largest absolute Gasteiger partial charge is 0.309 e. The summed E-state index contributed by atoms with van der Waals surface area (Å²) < 4.78 is 5.02. The molecule has 11 rings (SSSR count). The van der Waals surface area contributed by atoms with Gasteiger partial charge in [0.05, 0.1) is 33.4 Å². The van der Waals surface area contributed by atoms with Crippen LogP contribution < -0.4 is 0 Å². The van der Waals surface area contributed by atoms with Crippen LogP contribution in [0.25, 0.3) is 98.8 Å². The summed E-state index contributed by atoms with van der Waals surface area (Å²) in [6, 6.07) is 70.9. The minimum atomic E-state index is 1.18. The van der Waals surface area contributed by atoms with Gasteiger partial charge in [-0.2, -0.15) is 0 Å². The first kappa shape index (κ1) is 28.9. The van der Waals surface area contributed by atoms with Gasteiger partial charge in [-0.1, -0.05) is 164 Å². The summed E-state index contributed by atoms with van der Waals surface area (Å²) in [4.78, 5) is 0. The molecule has 2 heterocycles. The highest BCUT2D eigenvalue weighted by atomic mass is 15.0. The fourth-order valence-electron chi connectivity index (χ4n) is 8.80. The van der Waals surface area contributed by atoms with E-state index in [-0.39, 0.29) is 0 Å². The molecule has 242 valence electrons. The van der Waals surface area contributed by atoms with Crippen molar-refractivity contribution in [2.75, 3.05) is 0 Å². The molecule has 11 aromatic rings. The van der Waals surface area contributed by atoms with Gasteiger partial charge in [-0.25, -0.2) is 0 Å². The fraction of sp³-hybridized carbons (Fsp3) is 0. The second-order valence-electron chi connectivity index (χ2n) is 13.6. The minimum absolute atomic E-state index is 1.18. The lowest BCUT2D eigenvalue weighted by Gasteiger charge is -2.20. The third kappa shape index (κ3) is 4.06. The Hall–Kier alpha value is -6.90. The van der Waals surface area contributed by atoms with Crippen LogP contribution in [-0.2, 0) is 0 Å². The van der Waals surface area contributed by atoms with Crippen LogP contribution in [0.15, 0.2) is 194 Å². The van der Waals surface area contributed by atoms with E-state index < -0.39 is 0 Å². The number of hydrogen-bond donors (Lipinski definition) is 0. The van der Waals surface area contributed by atoms with Crippen molar-refractivity contribution in [3.05, 3.63) is 194 Å². The van der Waals surface area contributed by atoms with Gasteiger partial charge < -0.3 is 9.13 Å². The van der Waals surface area contributed by atoms with Gasteiger partial charge in [0.25, 0.3) is 0 Å². The van der Waals surface area contributed by atoms with Crippen molar-refractivity contribution in [2.45, 2.75) is 0 Å². The number of benzene rings is 9. The molecule has 0 bridgehead atoms. The number of rotatable bonds is 4. The topological polar surface area (TPSA) is 9.86 Å². The number of para-hydroxylation sites is 3. The molecule has 0 aliphatic heterocycles. The Kier molecular flexibility index (Phi) is 6.28. The highest BCUT2D eigenvalue weighted by Crippen LogP contribution is 2.47. The van der Waals surface area contributed by atoms with Gasteiger partial charge >= 0.3 is 0 Å². The molecule has 0 atom stereocenters. The second kappa shape index (κ2) is 11.3. The van der Waals surface area contributed by atoms with Crippen LogP contribution >= 0.6 is 0 Å². The Morgan fingerprint density at radius 1 is 0.269 bits per heavy atom. The molecular formula is C50H32N2. The van der Waals surface area contributed by atoms with Crippen LogP contribution in [0, 0.1) is 0 Å². The van der Waals surface area contributed by atoms with Crippen molar-refractivity contribution < 1.29 is 0 Å². The minimum Gasteiger partial charge on any atom is -0.309 e. The molecule has 0 N–H and O–H groups in total. The van der Waals surface area contributed by atoms with Crippen LogP contribution in [0.1, 0.15) is 0 Å². The quantitative estimate of drug-likeness (QED) is 0.166. The monoisotopic (exact) mass is 660 g/mol. The number of aromatic nitrogens is 2. The van der Waals surface area contributed by atoms with Gasteiger partial charge in [-0.3, -0.25) is 0 Å². The van der Waals surface area contributed by atoms with E-state index in [2.05, 4.69) is 203 Å². The first-order valence-electron chi connectivity index (χ1n) is 18.0. The summed E-state index contributed by atoms with van der Waals surface area (Å²) in [5, 5.41) is 10.1. The van der Waals surface area contributed by atoms with Gasteiger partial charge in [0, 0.05) is 38.1 Å². The molecular weight excluding hydrogens is 629 g/mol. The average molecular weight is 661 g/mol. The summed E-state index contributed by atoms with van der Waals surface area (Å²) in [6.45, 7) is 0. The molecule has 0 amide bonds. The van der Waals surface area contributed by atoms with Crippen molar-refractivity contribution in [1.29, 1.82) is 0 Å². The van der Waals surface area contributed by atoms with Gasteiger partial charge in [0.1, 0.15) is 0 Å². The molecule has 52 heavy (non-hydrogen) atoms. The Morgan fingerprint density at radius 3 is 1.37 bits per heavy atom. The van der Waals surface area contributed by atoms with E-state index in [9.17, 15) is 0 Å². The van der Waals surface area contributed by atoms with Gasteiger partial charge in [-0.15, -0.1) is 0 Å². The van der Waals surface area contributed by atoms with Crippen molar-refractivity contribution in [1.82, 2.24) is 9.13 Å². The van der Waals surface area contributed by atoms with Gasteiger partial charge in [0.2, 0.25) is 0 Å². The second-order valence-corrected chi connectivity index (χ2v) is 13.6. The molecule has 9 aromatic carbocycles. The molecule has 0 unspecified atom stereocenters. The molecule has 0 saturated heterocycles. The van der Waals surface area contributed by atoms with Crippen molar-refractivity contribution >= 4 is 65.2 Å². The van der Waals surface area contributed by atoms with Crippen LogP contribution in [0.2, 0.25) is 0 Å². The Labute approximate surface area is 301 Å². The molecule has 0 radical (unpaired) electrons. The molecule has 2 aromatic heterocycles. The van der Waals surface area contributed by atoms with E-state index in [1.807, 2.05) is 0 Å². The lowest BCUT2D eigenvalue weighted by molar-refractivity contribution is 1.18. The summed E-state index contributed by atoms with van der Waals surface area (Å²) in [6.07, 6.45) is 0. The maximum absolute atomic E-state index is 2.55. The first-order valence-corrected chi connectivity index (χ1v) is 18.0. The summed E-state index contributed by atoms with van der Waals surface area (Å²) in [5.41, 5.74) is 12.1. The maximum atomic E-state index is 2.55. The molecule has 0 aliphatic rings. The molecule has 0 spiro atoms. The predicted octanol–water partition coefficient (Wildman–Crippen LogP) is 13.5.